The number of aliphatic hydroxyl groups is 1. The molecule has 0 atom stereocenters. The summed E-state index contributed by atoms with van der Waals surface area (Å²) in [6, 6.07) is 0. The lowest BCUT2D eigenvalue weighted by atomic mass is 10.4. The van der Waals surface area contributed by atoms with Crippen molar-refractivity contribution in [3.8, 4) is 0 Å². The SMILES string of the molecule is Cc1nn(CCCO)c(C)c1S(=O)(=O)NCc1ncn[nH]1. The molecule has 0 unspecified atom stereocenters. The van der Waals surface area contributed by atoms with Crippen LogP contribution in [0.3, 0.4) is 0 Å². The normalized spacial score (nSPS) is 12.0. The molecule has 0 radical (unpaired) electrons. The molecular weight excluding hydrogens is 296 g/mol. The van der Waals surface area contributed by atoms with E-state index in [0.717, 1.165) is 0 Å². The Bertz CT molecular complexity index is 692. The van der Waals surface area contributed by atoms with Crippen LogP contribution < -0.4 is 4.72 Å². The molecule has 0 saturated carbocycles. The highest BCUT2D eigenvalue weighted by atomic mass is 32.2. The summed E-state index contributed by atoms with van der Waals surface area (Å²) in [5, 5.41) is 19.3. The Balaban J connectivity index is 2.21. The van der Waals surface area contributed by atoms with E-state index in [-0.39, 0.29) is 18.0 Å². The van der Waals surface area contributed by atoms with Crippen molar-refractivity contribution in [1.29, 1.82) is 0 Å². The number of nitrogens with one attached hydrogen (secondary N) is 2. The molecule has 2 aromatic rings. The van der Waals surface area contributed by atoms with Crippen LogP contribution in [-0.2, 0) is 23.1 Å². The molecule has 0 bridgehead atoms. The number of hydrogen-bond acceptors (Lipinski definition) is 6. The summed E-state index contributed by atoms with van der Waals surface area (Å²) in [7, 11) is -3.69. The minimum atomic E-state index is -3.69. The van der Waals surface area contributed by atoms with Crippen molar-refractivity contribution in [2.45, 2.75) is 38.3 Å². The highest BCUT2D eigenvalue weighted by Gasteiger charge is 2.24. The van der Waals surface area contributed by atoms with Crippen LogP contribution in [0.15, 0.2) is 11.2 Å². The highest BCUT2D eigenvalue weighted by Crippen LogP contribution is 2.19. The molecule has 21 heavy (non-hydrogen) atoms. The zero-order valence-electron chi connectivity index (χ0n) is 11.9. The van der Waals surface area contributed by atoms with Crippen molar-refractivity contribution >= 4 is 10.0 Å². The quantitative estimate of drug-likeness (QED) is 0.631. The third-order valence-electron chi connectivity index (χ3n) is 3.01. The molecule has 0 aliphatic heterocycles. The van der Waals surface area contributed by atoms with E-state index < -0.39 is 10.0 Å². The predicted octanol–water partition coefficient (Wildman–Crippen LogP) is -0.521. The van der Waals surface area contributed by atoms with Crippen LogP contribution in [0.2, 0.25) is 0 Å². The van der Waals surface area contributed by atoms with E-state index in [2.05, 4.69) is 25.0 Å². The van der Waals surface area contributed by atoms with Gasteiger partial charge in [0.15, 0.2) is 0 Å². The van der Waals surface area contributed by atoms with Crippen molar-refractivity contribution in [3.05, 3.63) is 23.5 Å². The van der Waals surface area contributed by atoms with Gasteiger partial charge < -0.3 is 5.11 Å². The Labute approximate surface area is 122 Å². The molecule has 0 fully saturated rings. The molecule has 0 aromatic carbocycles. The van der Waals surface area contributed by atoms with E-state index in [9.17, 15) is 8.42 Å². The number of aryl methyl sites for hydroxylation is 2. The average molecular weight is 314 g/mol. The maximum absolute atomic E-state index is 12.4. The van der Waals surface area contributed by atoms with Gasteiger partial charge in [-0.2, -0.15) is 10.2 Å². The second kappa shape index (κ2) is 6.33. The van der Waals surface area contributed by atoms with Crippen LogP contribution in [0.5, 0.6) is 0 Å². The second-order valence-corrected chi connectivity index (χ2v) is 6.26. The van der Waals surface area contributed by atoms with Gasteiger partial charge in [-0.3, -0.25) is 9.78 Å². The van der Waals surface area contributed by atoms with E-state index in [1.807, 2.05) is 0 Å². The van der Waals surface area contributed by atoms with E-state index in [0.29, 0.717) is 30.2 Å². The maximum Gasteiger partial charge on any atom is 0.244 e. The minimum Gasteiger partial charge on any atom is -0.396 e. The third-order valence-corrected chi connectivity index (χ3v) is 4.66. The van der Waals surface area contributed by atoms with Gasteiger partial charge in [0.05, 0.1) is 17.9 Å². The molecule has 0 spiro atoms. The van der Waals surface area contributed by atoms with Gasteiger partial charge in [0.1, 0.15) is 17.0 Å². The number of sulfonamides is 1. The average Bonchev–Trinajstić information content (AvgIpc) is 3.03. The van der Waals surface area contributed by atoms with Crippen molar-refractivity contribution in [1.82, 2.24) is 29.7 Å². The van der Waals surface area contributed by atoms with Crippen LogP contribution >= 0.6 is 0 Å². The van der Waals surface area contributed by atoms with E-state index in [1.165, 1.54) is 6.33 Å². The summed E-state index contributed by atoms with van der Waals surface area (Å²) in [4.78, 5) is 4.03. The number of aromatic amines is 1. The molecule has 2 rings (SSSR count). The van der Waals surface area contributed by atoms with Crippen LogP contribution in [0, 0.1) is 13.8 Å². The maximum atomic E-state index is 12.4. The highest BCUT2D eigenvalue weighted by molar-refractivity contribution is 7.89. The number of aromatic nitrogens is 5. The number of rotatable bonds is 7. The summed E-state index contributed by atoms with van der Waals surface area (Å²) in [5.41, 5.74) is 0.974. The van der Waals surface area contributed by atoms with E-state index in [4.69, 9.17) is 5.11 Å². The summed E-state index contributed by atoms with van der Waals surface area (Å²) >= 11 is 0. The van der Waals surface area contributed by atoms with Gasteiger partial charge in [0, 0.05) is 13.2 Å². The van der Waals surface area contributed by atoms with E-state index >= 15 is 0 Å². The molecule has 0 amide bonds. The summed E-state index contributed by atoms with van der Waals surface area (Å²) in [6.07, 6.45) is 1.83. The second-order valence-electron chi connectivity index (χ2n) is 4.56. The molecule has 0 saturated heterocycles. The summed E-state index contributed by atoms with van der Waals surface area (Å²) in [6.45, 7) is 3.87. The first-order valence-corrected chi connectivity index (χ1v) is 7.93. The molecule has 9 nitrogen and oxygen atoms in total. The Kier molecular flexibility index (Phi) is 4.70. The Morgan fingerprint density at radius 1 is 1.43 bits per heavy atom. The predicted molar refractivity (Wildman–Crippen MR) is 73.8 cm³/mol. The monoisotopic (exact) mass is 314 g/mol. The first-order valence-electron chi connectivity index (χ1n) is 6.44. The Morgan fingerprint density at radius 2 is 2.19 bits per heavy atom. The topological polar surface area (TPSA) is 126 Å². The van der Waals surface area contributed by atoms with Gasteiger partial charge in [0.2, 0.25) is 10.0 Å². The van der Waals surface area contributed by atoms with Gasteiger partial charge >= 0.3 is 0 Å². The van der Waals surface area contributed by atoms with Crippen LogP contribution in [0.25, 0.3) is 0 Å². The summed E-state index contributed by atoms with van der Waals surface area (Å²) < 4.78 is 28.8. The fourth-order valence-corrected chi connectivity index (χ4v) is 3.45. The molecule has 0 aliphatic rings. The molecule has 10 heteroatoms. The first-order chi connectivity index (χ1) is 9.95. The van der Waals surface area contributed by atoms with Crippen molar-refractivity contribution in [2.24, 2.45) is 0 Å². The molecule has 2 aromatic heterocycles. The Hall–Kier alpha value is -1.78. The van der Waals surface area contributed by atoms with Crippen molar-refractivity contribution in [3.63, 3.8) is 0 Å². The zero-order chi connectivity index (χ0) is 15.5. The van der Waals surface area contributed by atoms with Crippen molar-refractivity contribution < 1.29 is 13.5 Å². The largest absolute Gasteiger partial charge is 0.396 e. The van der Waals surface area contributed by atoms with Crippen LogP contribution in [-0.4, -0.2) is 45.1 Å². The lowest BCUT2D eigenvalue weighted by Gasteiger charge is -2.06. The summed E-state index contributed by atoms with van der Waals surface area (Å²) in [5.74, 6) is 0.432. The molecule has 2 heterocycles. The van der Waals surface area contributed by atoms with Gasteiger partial charge in [-0.25, -0.2) is 18.1 Å². The number of H-pyrrole nitrogens is 1. The number of hydrogen-bond donors (Lipinski definition) is 3. The molecule has 0 aliphatic carbocycles. The van der Waals surface area contributed by atoms with Crippen LogP contribution in [0.1, 0.15) is 23.6 Å². The van der Waals surface area contributed by atoms with Gasteiger partial charge in [-0.1, -0.05) is 0 Å². The van der Waals surface area contributed by atoms with Crippen LogP contribution in [0.4, 0.5) is 0 Å². The fraction of sp³-hybridized carbons (Fsp3) is 0.545. The van der Waals surface area contributed by atoms with Gasteiger partial charge in [-0.05, 0) is 20.3 Å². The molecular formula is C11H18N6O3S. The molecule has 116 valence electrons. The van der Waals surface area contributed by atoms with Gasteiger partial charge in [0.25, 0.3) is 0 Å². The molecule has 3 N–H and O–H groups in total. The Morgan fingerprint density at radius 3 is 2.81 bits per heavy atom. The minimum absolute atomic E-state index is 0.0308. The standard InChI is InChI=1S/C11H18N6O3S/c1-8-11(9(2)17(16-8)4-3-5-18)21(19,20)14-6-10-12-7-13-15-10/h7,14,18H,3-6H2,1-2H3,(H,12,13,15). The third kappa shape index (κ3) is 3.46. The van der Waals surface area contributed by atoms with Gasteiger partial charge in [-0.15, -0.1) is 0 Å². The smallest absolute Gasteiger partial charge is 0.244 e. The fourth-order valence-electron chi connectivity index (χ4n) is 2.06. The first kappa shape index (κ1) is 15.6. The van der Waals surface area contributed by atoms with E-state index in [1.54, 1.807) is 18.5 Å². The zero-order valence-corrected chi connectivity index (χ0v) is 12.7. The van der Waals surface area contributed by atoms with Crippen molar-refractivity contribution in [2.75, 3.05) is 6.61 Å². The lowest BCUT2D eigenvalue weighted by Crippen LogP contribution is -2.25. The lowest BCUT2D eigenvalue weighted by molar-refractivity contribution is 0.276. The number of nitrogens with zero attached hydrogens (tertiary/aromatic N) is 4. The number of aliphatic hydroxyl groups excluding tert-OH is 1.